The summed E-state index contributed by atoms with van der Waals surface area (Å²) in [6.45, 7) is 0. The quantitative estimate of drug-likeness (QED) is 0.778. The average Bonchev–Trinajstić information content (AvgIpc) is 2.83. The topological polar surface area (TPSA) is 36.0 Å². The standard InChI is InChI=1S/C15H16ClNO/c16-10-15(7-3-5-12(18)9-15)14-8-11-4-1-2-6-13(11)17-14/h1-2,4,6,8-9,17-18H,3,5,7,10H2. The second-order valence-corrected chi connectivity index (χ2v) is 5.32. The van der Waals surface area contributed by atoms with E-state index in [1.54, 1.807) is 0 Å². The van der Waals surface area contributed by atoms with Crippen LogP contribution in [0.1, 0.15) is 25.0 Å². The van der Waals surface area contributed by atoms with Crippen LogP contribution in [0.3, 0.4) is 0 Å². The molecule has 1 aliphatic carbocycles. The van der Waals surface area contributed by atoms with Gasteiger partial charge in [-0.3, -0.25) is 0 Å². The Hall–Kier alpha value is -1.41. The van der Waals surface area contributed by atoms with E-state index in [1.165, 1.54) is 5.39 Å². The van der Waals surface area contributed by atoms with Crippen molar-refractivity contribution in [2.24, 2.45) is 0 Å². The number of hydrogen-bond acceptors (Lipinski definition) is 1. The lowest BCUT2D eigenvalue weighted by molar-refractivity contribution is 0.336. The largest absolute Gasteiger partial charge is 0.513 e. The summed E-state index contributed by atoms with van der Waals surface area (Å²) < 4.78 is 0. The Balaban J connectivity index is 2.13. The predicted octanol–water partition coefficient (Wildman–Crippen LogP) is 4.27. The zero-order chi connectivity index (χ0) is 12.6. The first kappa shape index (κ1) is 11.7. The van der Waals surface area contributed by atoms with E-state index in [1.807, 2.05) is 18.2 Å². The minimum Gasteiger partial charge on any atom is -0.513 e. The molecule has 1 aromatic heterocycles. The maximum absolute atomic E-state index is 9.80. The molecule has 1 heterocycles. The van der Waals surface area contributed by atoms with Crippen LogP contribution in [0, 0.1) is 0 Å². The summed E-state index contributed by atoms with van der Waals surface area (Å²) in [4.78, 5) is 3.44. The molecule has 3 rings (SSSR count). The number of aliphatic hydroxyl groups excluding tert-OH is 1. The molecule has 2 N–H and O–H groups in total. The second-order valence-electron chi connectivity index (χ2n) is 5.05. The summed E-state index contributed by atoms with van der Waals surface area (Å²) in [5, 5.41) is 11.0. The van der Waals surface area contributed by atoms with Crippen LogP contribution in [-0.4, -0.2) is 16.0 Å². The third-order valence-corrected chi connectivity index (χ3v) is 4.28. The summed E-state index contributed by atoms with van der Waals surface area (Å²) in [7, 11) is 0. The lowest BCUT2D eigenvalue weighted by atomic mass is 9.77. The smallest absolute Gasteiger partial charge is 0.0892 e. The van der Waals surface area contributed by atoms with Gasteiger partial charge in [0, 0.05) is 28.9 Å². The molecule has 0 bridgehead atoms. The van der Waals surface area contributed by atoms with Crippen molar-refractivity contribution < 1.29 is 5.11 Å². The van der Waals surface area contributed by atoms with Crippen LogP contribution in [0.15, 0.2) is 42.2 Å². The maximum atomic E-state index is 9.80. The molecular formula is C15H16ClNO. The van der Waals surface area contributed by atoms with Gasteiger partial charge in [0.15, 0.2) is 0 Å². The van der Waals surface area contributed by atoms with Crippen LogP contribution in [0.5, 0.6) is 0 Å². The number of nitrogens with one attached hydrogen (secondary N) is 1. The van der Waals surface area contributed by atoms with Gasteiger partial charge < -0.3 is 10.1 Å². The summed E-state index contributed by atoms with van der Waals surface area (Å²) in [6, 6.07) is 10.3. The van der Waals surface area contributed by atoms with Crippen molar-refractivity contribution in [3.8, 4) is 0 Å². The number of fused-ring (bicyclic) bond motifs is 1. The number of benzene rings is 1. The average molecular weight is 262 g/mol. The van der Waals surface area contributed by atoms with Gasteiger partial charge in [0.2, 0.25) is 0 Å². The molecule has 0 aliphatic heterocycles. The van der Waals surface area contributed by atoms with Crippen molar-refractivity contribution in [1.29, 1.82) is 0 Å². The number of hydrogen-bond donors (Lipinski definition) is 2. The molecule has 1 aromatic carbocycles. The van der Waals surface area contributed by atoms with Crippen molar-refractivity contribution in [3.05, 3.63) is 47.9 Å². The number of aliphatic hydroxyl groups is 1. The zero-order valence-electron chi connectivity index (χ0n) is 10.1. The molecule has 0 saturated carbocycles. The van der Waals surface area contributed by atoms with Gasteiger partial charge in [0.1, 0.15) is 0 Å². The SMILES string of the molecule is OC1=CC(CCl)(c2cc3ccccc3[nH]2)CCC1. The fourth-order valence-electron chi connectivity index (χ4n) is 2.78. The summed E-state index contributed by atoms with van der Waals surface area (Å²) >= 11 is 6.19. The summed E-state index contributed by atoms with van der Waals surface area (Å²) in [5.74, 6) is 0.949. The highest BCUT2D eigenvalue weighted by molar-refractivity contribution is 6.19. The highest BCUT2D eigenvalue weighted by atomic mass is 35.5. The molecule has 0 radical (unpaired) electrons. The number of rotatable bonds is 2. The Bertz CT molecular complexity index is 568. The van der Waals surface area contributed by atoms with Crippen molar-refractivity contribution in [2.45, 2.75) is 24.7 Å². The molecule has 2 nitrogen and oxygen atoms in total. The molecule has 1 unspecified atom stereocenters. The normalized spacial score (nSPS) is 24.2. The minimum atomic E-state index is -0.247. The fourth-order valence-corrected chi connectivity index (χ4v) is 3.13. The Morgan fingerprint density at radius 1 is 1.33 bits per heavy atom. The van der Waals surface area contributed by atoms with E-state index in [0.29, 0.717) is 11.6 Å². The Labute approximate surface area is 111 Å². The number of aromatic amines is 1. The van der Waals surface area contributed by atoms with Gasteiger partial charge in [-0.2, -0.15) is 0 Å². The van der Waals surface area contributed by atoms with Crippen LogP contribution < -0.4 is 0 Å². The van der Waals surface area contributed by atoms with Crippen LogP contribution in [0.25, 0.3) is 10.9 Å². The van der Waals surface area contributed by atoms with Crippen LogP contribution in [0.4, 0.5) is 0 Å². The van der Waals surface area contributed by atoms with E-state index in [2.05, 4.69) is 23.2 Å². The number of allylic oxidation sites excluding steroid dienone is 2. The van der Waals surface area contributed by atoms with Crippen LogP contribution in [-0.2, 0) is 5.41 Å². The molecule has 0 amide bonds. The van der Waals surface area contributed by atoms with E-state index >= 15 is 0 Å². The van der Waals surface area contributed by atoms with E-state index < -0.39 is 0 Å². The Kier molecular flexibility index (Phi) is 2.83. The summed E-state index contributed by atoms with van der Waals surface area (Å²) in [5.41, 5.74) is 1.98. The maximum Gasteiger partial charge on any atom is 0.0892 e. The van der Waals surface area contributed by atoms with Gasteiger partial charge in [-0.1, -0.05) is 18.2 Å². The molecule has 1 atom stereocenters. The monoisotopic (exact) mass is 261 g/mol. The third-order valence-electron chi connectivity index (χ3n) is 3.80. The number of alkyl halides is 1. The van der Waals surface area contributed by atoms with Gasteiger partial charge in [0.05, 0.1) is 5.76 Å². The highest BCUT2D eigenvalue weighted by Crippen LogP contribution is 2.38. The number of aromatic nitrogens is 1. The Morgan fingerprint density at radius 3 is 2.89 bits per heavy atom. The number of halogens is 1. The molecule has 3 heteroatoms. The van der Waals surface area contributed by atoms with Crippen molar-refractivity contribution in [1.82, 2.24) is 4.98 Å². The lowest BCUT2D eigenvalue weighted by Crippen LogP contribution is -2.29. The van der Waals surface area contributed by atoms with Crippen molar-refractivity contribution >= 4 is 22.5 Å². The molecule has 2 aromatic rings. The van der Waals surface area contributed by atoms with Crippen molar-refractivity contribution in [3.63, 3.8) is 0 Å². The van der Waals surface area contributed by atoms with E-state index in [-0.39, 0.29) is 5.41 Å². The van der Waals surface area contributed by atoms with Gasteiger partial charge in [-0.25, -0.2) is 0 Å². The second kappa shape index (κ2) is 4.36. The third kappa shape index (κ3) is 1.81. The van der Waals surface area contributed by atoms with Gasteiger partial charge in [-0.05, 0) is 36.4 Å². The first-order valence-electron chi connectivity index (χ1n) is 6.28. The lowest BCUT2D eigenvalue weighted by Gasteiger charge is -2.31. The number of para-hydroxylation sites is 1. The van der Waals surface area contributed by atoms with E-state index in [9.17, 15) is 5.11 Å². The minimum absolute atomic E-state index is 0.247. The fraction of sp³-hybridized carbons (Fsp3) is 0.333. The Morgan fingerprint density at radius 2 is 2.17 bits per heavy atom. The van der Waals surface area contributed by atoms with Crippen molar-refractivity contribution in [2.75, 3.05) is 5.88 Å². The molecule has 18 heavy (non-hydrogen) atoms. The van der Waals surface area contributed by atoms with E-state index in [4.69, 9.17) is 11.6 Å². The predicted molar refractivity (Wildman–Crippen MR) is 75.3 cm³/mol. The first-order chi connectivity index (χ1) is 8.73. The molecule has 0 saturated heterocycles. The molecule has 0 spiro atoms. The van der Waals surface area contributed by atoms with Crippen LogP contribution >= 0.6 is 11.6 Å². The van der Waals surface area contributed by atoms with Gasteiger partial charge in [0.25, 0.3) is 0 Å². The molecular weight excluding hydrogens is 246 g/mol. The highest BCUT2D eigenvalue weighted by Gasteiger charge is 2.33. The first-order valence-corrected chi connectivity index (χ1v) is 6.82. The molecule has 94 valence electrons. The van der Waals surface area contributed by atoms with Gasteiger partial charge in [-0.15, -0.1) is 11.6 Å². The van der Waals surface area contributed by atoms with E-state index in [0.717, 1.165) is 30.5 Å². The molecule has 0 fully saturated rings. The zero-order valence-corrected chi connectivity index (χ0v) is 10.9. The van der Waals surface area contributed by atoms with Crippen LogP contribution in [0.2, 0.25) is 0 Å². The number of H-pyrrole nitrogens is 1. The summed E-state index contributed by atoms with van der Waals surface area (Å²) in [6.07, 6.45) is 4.64. The molecule has 1 aliphatic rings. The van der Waals surface area contributed by atoms with Gasteiger partial charge >= 0.3 is 0 Å².